The lowest BCUT2D eigenvalue weighted by molar-refractivity contribution is 0.766. The largest absolute Gasteiger partial charge is 0.353 e. The first-order valence-corrected chi connectivity index (χ1v) is 3.12. The van der Waals surface area contributed by atoms with Crippen LogP contribution < -0.4 is 11.1 Å². The third kappa shape index (κ3) is 3.75. The fourth-order valence-corrected chi connectivity index (χ4v) is 0.640. The Bertz CT molecular complexity index is 201. The summed E-state index contributed by atoms with van der Waals surface area (Å²) < 4.78 is 1.66. The SMILES string of the molecule is Cl.Cl.Cn1ncnc1NCCN. The molecular formula is C5H13Cl2N5. The number of halogens is 2. The fourth-order valence-electron chi connectivity index (χ4n) is 0.640. The highest BCUT2D eigenvalue weighted by Crippen LogP contribution is 1.94. The fraction of sp³-hybridized carbons (Fsp3) is 0.600. The molecule has 0 radical (unpaired) electrons. The van der Waals surface area contributed by atoms with Gasteiger partial charge in [-0.3, -0.25) is 0 Å². The van der Waals surface area contributed by atoms with E-state index in [1.165, 1.54) is 6.33 Å². The van der Waals surface area contributed by atoms with Crippen molar-refractivity contribution < 1.29 is 0 Å². The zero-order valence-electron chi connectivity index (χ0n) is 6.73. The van der Waals surface area contributed by atoms with Gasteiger partial charge in [0.25, 0.3) is 0 Å². The van der Waals surface area contributed by atoms with Crippen LogP contribution in [0.1, 0.15) is 0 Å². The van der Waals surface area contributed by atoms with E-state index in [1.807, 2.05) is 7.05 Å². The van der Waals surface area contributed by atoms with Crippen LogP contribution in [0.4, 0.5) is 5.95 Å². The zero-order chi connectivity index (χ0) is 7.40. The molecule has 0 aliphatic rings. The minimum Gasteiger partial charge on any atom is -0.353 e. The van der Waals surface area contributed by atoms with Gasteiger partial charge in [0.15, 0.2) is 0 Å². The van der Waals surface area contributed by atoms with Crippen LogP contribution in [-0.4, -0.2) is 27.9 Å². The number of rotatable bonds is 3. The summed E-state index contributed by atoms with van der Waals surface area (Å²) in [7, 11) is 1.83. The second-order valence-corrected chi connectivity index (χ2v) is 1.92. The second kappa shape index (κ2) is 7.15. The van der Waals surface area contributed by atoms with Crippen LogP contribution in [-0.2, 0) is 7.05 Å². The highest BCUT2D eigenvalue weighted by atomic mass is 35.5. The zero-order valence-corrected chi connectivity index (χ0v) is 8.36. The highest BCUT2D eigenvalue weighted by Gasteiger charge is 1.95. The molecule has 0 fully saturated rings. The summed E-state index contributed by atoms with van der Waals surface area (Å²) in [5, 5.41) is 6.88. The van der Waals surface area contributed by atoms with Gasteiger partial charge in [0.2, 0.25) is 5.95 Å². The molecule has 0 bridgehead atoms. The van der Waals surface area contributed by atoms with Crippen molar-refractivity contribution in [1.29, 1.82) is 0 Å². The van der Waals surface area contributed by atoms with Gasteiger partial charge in [-0.05, 0) is 0 Å². The summed E-state index contributed by atoms with van der Waals surface area (Å²) in [5.41, 5.74) is 5.28. The Kier molecular flexibility index (Phi) is 8.36. The molecule has 0 unspecified atom stereocenters. The van der Waals surface area contributed by atoms with E-state index in [0.717, 1.165) is 12.5 Å². The Morgan fingerprint density at radius 1 is 1.58 bits per heavy atom. The molecule has 0 aromatic carbocycles. The van der Waals surface area contributed by atoms with Crippen molar-refractivity contribution >= 4 is 30.8 Å². The molecule has 72 valence electrons. The summed E-state index contributed by atoms with van der Waals surface area (Å²) in [6.45, 7) is 1.33. The molecule has 0 aliphatic heterocycles. The summed E-state index contributed by atoms with van der Waals surface area (Å²) in [4.78, 5) is 3.94. The number of nitrogens with zero attached hydrogens (tertiary/aromatic N) is 3. The molecule has 1 aromatic heterocycles. The number of aromatic nitrogens is 3. The molecule has 1 aromatic rings. The smallest absolute Gasteiger partial charge is 0.220 e. The molecule has 0 saturated carbocycles. The van der Waals surface area contributed by atoms with Gasteiger partial charge >= 0.3 is 0 Å². The summed E-state index contributed by atoms with van der Waals surface area (Å²) >= 11 is 0. The predicted molar refractivity (Wildman–Crippen MR) is 53.0 cm³/mol. The summed E-state index contributed by atoms with van der Waals surface area (Å²) in [5.74, 6) is 0.755. The molecule has 0 aliphatic carbocycles. The van der Waals surface area contributed by atoms with Crippen LogP contribution in [0.25, 0.3) is 0 Å². The van der Waals surface area contributed by atoms with Gasteiger partial charge in [-0.2, -0.15) is 10.1 Å². The minimum absolute atomic E-state index is 0. The Morgan fingerprint density at radius 2 is 2.25 bits per heavy atom. The van der Waals surface area contributed by atoms with Crippen molar-refractivity contribution in [3.05, 3.63) is 6.33 Å². The van der Waals surface area contributed by atoms with Gasteiger partial charge in [-0.15, -0.1) is 24.8 Å². The van der Waals surface area contributed by atoms with Crippen molar-refractivity contribution in [3.63, 3.8) is 0 Å². The first-order valence-electron chi connectivity index (χ1n) is 3.12. The molecule has 7 heteroatoms. The normalized spacial score (nSPS) is 8.17. The second-order valence-electron chi connectivity index (χ2n) is 1.92. The maximum atomic E-state index is 5.28. The molecule has 1 heterocycles. The monoisotopic (exact) mass is 213 g/mol. The Balaban J connectivity index is 0. The van der Waals surface area contributed by atoms with E-state index < -0.39 is 0 Å². The van der Waals surface area contributed by atoms with Crippen molar-refractivity contribution in [3.8, 4) is 0 Å². The topological polar surface area (TPSA) is 68.8 Å². The lowest BCUT2D eigenvalue weighted by Gasteiger charge is -2.00. The Morgan fingerprint density at radius 3 is 2.67 bits per heavy atom. The van der Waals surface area contributed by atoms with Crippen LogP contribution >= 0.6 is 24.8 Å². The molecule has 5 nitrogen and oxygen atoms in total. The maximum absolute atomic E-state index is 5.28. The lowest BCUT2D eigenvalue weighted by atomic mass is 10.6. The predicted octanol–water partition coefficient (Wildman–Crippen LogP) is 0.0293. The van der Waals surface area contributed by atoms with Gasteiger partial charge < -0.3 is 11.1 Å². The van der Waals surface area contributed by atoms with Crippen molar-refractivity contribution in [2.45, 2.75) is 0 Å². The van der Waals surface area contributed by atoms with Crippen molar-refractivity contribution in [2.24, 2.45) is 12.8 Å². The molecule has 0 atom stereocenters. The number of hydrogen-bond acceptors (Lipinski definition) is 4. The maximum Gasteiger partial charge on any atom is 0.220 e. The van der Waals surface area contributed by atoms with Crippen LogP contribution in [0.3, 0.4) is 0 Å². The first-order chi connectivity index (χ1) is 4.84. The molecule has 0 spiro atoms. The Hall–Kier alpha value is -0.520. The summed E-state index contributed by atoms with van der Waals surface area (Å²) in [6, 6.07) is 0. The van der Waals surface area contributed by atoms with Crippen LogP contribution in [0.15, 0.2) is 6.33 Å². The van der Waals surface area contributed by atoms with E-state index in [0.29, 0.717) is 6.54 Å². The minimum atomic E-state index is 0. The lowest BCUT2D eigenvalue weighted by Crippen LogP contribution is -2.15. The van der Waals surface area contributed by atoms with Gasteiger partial charge in [-0.1, -0.05) is 0 Å². The molecular weight excluding hydrogens is 201 g/mol. The molecule has 3 N–H and O–H groups in total. The molecule has 12 heavy (non-hydrogen) atoms. The summed E-state index contributed by atoms with van der Waals surface area (Å²) in [6.07, 6.45) is 1.50. The molecule has 1 rings (SSSR count). The van der Waals surface area contributed by atoms with E-state index in [1.54, 1.807) is 4.68 Å². The van der Waals surface area contributed by atoms with Gasteiger partial charge in [0, 0.05) is 20.1 Å². The standard InChI is InChI=1S/C5H11N5.2ClH/c1-10-5(7-3-2-6)8-4-9-10;;/h4H,2-3,6H2,1H3,(H,7,8,9);2*1H. The number of anilines is 1. The third-order valence-corrected chi connectivity index (χ3v) is 1.14. The van der Waals surface area contributed by atoms with E-state index in [-0.39, 0.29) is 24.8 Å². The van der Waals surface area contributed by atoms with Crippen LogP contribution in [0.2, 0.25) is 0 Å². The average molecular weight is 214 g/mol. The van der Waals surface area contributed by atoms with E-state index in [4.69, 9.17) is 5.73 Å². The quantitative estimate of drug-likeness (QED) is 0.744. The average Bonchev–Trinajstić information content (AvgIpc) is 2.31. The van der Waals surface area contributed by atoms with Crippen LogP contribution in [0.5, 0.6) is 0 Å². The Labute approximate surface area is 83.5 Å². The highest BCUT2D eigenvalue weighted by molar-refractivity contribution is 5.85. The number of nitrogens with two attached hydrogens (primary N) is 1. The first kappa shape index (κ1) is 14.0. The number of aryl methyl sites for hydroxylation is 1. The van der Waals surface area contributed by atoms with E-state index >= 15 is 0 Å². The van der Waals surface area contributed by atoms with E-state index in [9.17, 15) is 0 Å². The van der Waals surface area contributed by atoms with Gasteiger partial charge in [0.1, 0.15) is 6.33 Å². The molecule has 0 saturated heterocycles. The molecule has 0 amide bonds. The van der Waals surface area contributed by atoms with Crippen LogP contribution in [0, 0.1) is 0 Å². The third-order valence-electron chi connectivity index (χ3n) is 1.14. The van der Waals surface area contributed by atoms with Gasteiger partial charge in [-0.25, -0.2) is 4.68 Å². The van der Waals surface area contributed by atoms with Crippen molar-refractivity contribution in [2.75, 3.05) is 18.4 Å². The van der Waals surface area contributed by atoms with E-state index in [2.05, 4.69) is 15.4 Å². The number of nitrogens with one attached hydrogen (secondary N) is 1. The van der Waals surface area contributed by atoms with Crippen molar-refractivity contribution in [1.82, 2.24) is 14.8 Å². The number of hydrogen-bond donors (Lipinski definition) is 2. The van der Waals surface area contributed by atoms with Gasteiger partial charge in [0.05, 0.1) is 0 Å².